The lowest BCUT2D eigenvalue weighted by atomic mass is 9.49. The van der Waals surface area contributed by atoms with Gasteiger partial charge in [-0.05, 0) is 48.6 Å². The van der Waals surface area contributed by atoms with Crippen LogP contribution in [0.25, 0.3) is 0 Å². The number of rotatable bonds is 9. The van der Waals surface area contributed by atoms with E-state index in [0.717, 1.165) is 10.5 Å². The second kappa shape index (κ2) is 12.3. The van der Waals surface area contributed by atoms with Crippen molar-refractivity contribution < 1.29 is 38.9 Å². The van der Waals surface area contributed by atoms with Gasteiger partial charge >= 0.3 is 5.97 Å². The lowest BCUT2D eigenvalue weighted by molar-refractivity contribution is -0.142. The molecule has 7 rings (SSSR count). The normalized spacial score (nSPS) is 27.8. The Morgan fingerprint density at radius 3 is 2.40 bits per heavy atom. The summed E-state index contributed by atoms with van der Waals surface area (Å²) in [6.07, 6.45) is 1.90. The number of para-hydroxylation sites is 1. The van der Waals surface area contributed by atoms with Gasteiger partial charge in [-0.2, -0.15) is 0 Å². The second-order valence-electron chi connectivity index (χ2n) is 12.7. The Kier molecular flexibility index (Phi) is 8.17. The van der Waals surface area contributed by atoms with Gasteiger partial charge in [0, 0.05) is 23.0 Å². The number of imide groups is 2. The van der Waals surface area contributed by atoms with Gasteiger partial charge in [0.25, 0.3) is 0 Å². The molecule has 4 aliphatic rings. The molecule has 6 unspecified atom stereocenters. The molecular formula is C37H33ClN2O8. The first-order chi connectivity index (χ1) is 23.2. The first-order valence-corrected chi connectivity index (χ1v) is 16.4. The van der Waals surface area contributed by atoms with E-state index in [4.69, 9.17) is 16.3 Å². The molecule has 11 heteroatoms. The molecule has 10 nitrogen and oxygen atoms in total. The standard InChI is InChI=1S/C37H33ClN2O8/c38-22-9-6-10-23(19-22)40-34(45)28-20-27-24(13-14-26-31(27)35(46)39(33(26)44)16-15-30(42)43)32(25-11-4-5-12-29(25)48-18-17-41)37(28,36(40)47)21-7-2-1-3-8-21/h1-13,19,26-28,31-32,41H,14-18,20H2,(H,42,43). The number of hydrogen-bond acceptors (Lipinski definition) is 7. The third-order valence-corrected chi connectivity index (χ3v) is 10.6. The highest BCUT2D eigenvalue weighted by molar-refractivity contribution is 6.32. The van der Waals surface area contributed by atoms with E-state index in [1.54, 1.807) is 36.4 Å². The smallest absolute Gasteiger partial charge is 0.305 e. The molecule has 0 radical (unpaired) electrons. The molecule has 3 aromatic rings. The summed E-state index contributed by atoms with van der Waals surface area (Å²) in [4.78, 5) is 71.3. The summed E-state index contributed by atoms with van der Waals surface area (Å²) in [5, 5.41) is 19.3. The van der Waals surface area contributed by atoms with Crippen LogP contribution in [0, 0.1) is 23.7 Å². The SMILES string of the molecule is O=C(O)CCN1C(=O)C2CC=C3C(CC4C(=O)N(c5cccc(Cl)c5)C(=O)C4(c4ccccc4)C3c3ccccc3OCCO)C2C1=O. The number of aliphatic hydroxyl groups excluding tert-OH is 1. The van der Waals surface area contributed by atoms with Crippen LogP contribution in [-0.4, -0.2) is 64.5 Å². The minimum Gasteiger partial charge on any atom is -0.491 e. The quantitative estimate of drug-likeness (QED) is 0.253. The Morgan fingerprint density at radius 2 is 1.67 bits per heavy atom. The predicted molar refractivity (Wildman–Crippen MR) is 174 cm³/mol. The summed E-state index contributed by atoms with van der Waals surface area (Å²) in [7, 11) is 0. The third-order valence-electron chi connectivity index (χ3n) is 10.4. The number of ether oxygens (including phenoxy) is 1. The number of carbonyl (C=O) groups is 5. The van der Waals surface area contributed by atoms with Crippen LogP contribution in [0.15, 0.2) is 90.5 Å². The number of carboxylic acids is 1. The number of likely N-dealkylation sites (tertiary alicyclic amines) is 1. The summed E-state index contributed by atoms with van der Waals surface area (Å²) < 4.78 is 6.04. The van der Waals surface area contributed by atoms with Gasteiger partial charge in [-0.15, -0.1) is 0 Å². The van der Waals surface area contributed by atoms with Gasteiger partial charge < -0.3 is 14.9 Å². The zero-order valence-electron chi connectivity index (χ0n) is 25.8. The molecule has 2 heterocycles. The predicted octanol–water partition coefficient (Wildman–Crippen LogP) is 4.35. The Labute approximate surface area is 281 Å². The zero-order valence-corrected chi connectivity index (χ0v) is 26.6. The molecule has 3 fully saturated rings. The van der Waals surface area contributed by atoms with E-state index in [-0.39, 0.29) is 39.0 Å². The van der Waals surface area contributed by atoms with E-state index in [0.29, 0.717) is 27.6 Å². The number of carboxylic acid groups (broad SMARTS) is 1. The lowest BCUT2D eigenvalue weighted by Gasteiger charge is -2.51. The molecule has 2 saturated heterocycles. The van der Waals surface area contributed by atoms with Crippen LogP contribution in [-0.2, 0) is 29.4 Å². The van der Waals surface area contributed by atoms with E-state index in [1.165, 1.54) is 4.90 Å². The average Bonchev–Trinajstić information content (AvgIpc) is 3.47. The number of anilines is 1. The van der Waals surface area contributed by atoms with Crippen LogP contribution in [0.5, 0.6) is 5.75 Å². The number of hydrogen-bond donors (Lipinski definition) is 2. The monoisotopic (exact) mass is 668 g/mol. The zero-order chi connectivity index (χ0) is 33.7. The Balaban J connectivity index is 1.47. The van der Waals surface area contributed by atoms with E-state index in [1.807, 2.05) is 48.5 Å². The van der Waals surface area contributed by atoms with Gasteiger partial charge in [0.1, 0.15) is 12.4 Å². The number of benzene rings is 3. The minimum absolute atomic E-state index is 0.00822. The minimum atomic E-state index is -1.47. The average molecular weight is 669 g/mol. The number of allylic oxidation sites excluding steroid dienone is 2. The van der Waals surface area contributed by atoms with Crippen molar-refractivity contribution in [3.63, 3.8) is 0 Å². The second-order valence-corrected chi connectivity index (χ2v) is 13.1. The van der Waals surface area contributed by atoms with E-state index >= 15 is 4.79 Å². The maximum absolute atomic E-state index is 15.3. The van der Waals surface area contributed by atoms with Crippen LogP contribution < -0.4 is 9.64 Å². The molecule has 3 aromatic carbocycles. The molecule has 48 heavy (non-hydrogen) atoms. The molecule has 6 atom stereocenters. The van der Waals surface area contributed by atoms with Crippen molar-refractivity contribution >= 4 is 46.9 Å². The first kappa shape index (κ1) is 31.8. The number of amides is 4. The number of aliphatic hydroxyl groups is 1. The van der Waals surface area contributed by atoms with Gasteiger partial charge in [-0.3, -0.25) is 28.9 Å². The van der Waals surface area contributed by atoms with Gasteiger partial charge in [-0.1, -0.05) is 77.8 Å². The van der Waals surface area contributed by atoms with Gasteiger partial charge in [0.2, 0.25) is 23.6 Å². The van der Waals surface area contributed by atoms with Crippen LogP contribution in [0.1, 0.15) is 36.3 Å². The Morgan fingerprint density at radius 1 is 0.917 bits per heavy atom. The number of aliphatic carboxylic acids is 1. The van der Waals surface area contributed by atoms with E-state index in [2.05, 4.69) is 0 Å². The maximum Gasteiger partial charge on any atom is 0.305 e. The van der Waals surface area contributed by atoms with Crippen molar-refractivity contribution in [2.75, 3.05) is 24.7 Å². The van der Waals surface area contributed by atoms with Gasteiger partial charge in [0.15, 0.2) is 0 Å². The molecule has 0 bridgehead atoms. The van der Waals surface area contributed by atoms with Crippen molar-refractivity contribution in [1.82, 2.24) is 4.90 Å². The van der Waals surface area contributed by atoms with E-state index in [9.17, 15) is 29.4 Å². The molecule has 2 aliphatic carbocycles. The molecular weight excluding hydrogens is 636 g/mol. The maximum atomic E-state index is 15.3. The van der Waals surface area contributed by atoms with Crippen LogP contribution in [0.4, 0.5) is 5.69 Å². The van der Waals surface area contributed by atoms with Gasteiger partial charge in [0.05, 0.1) is 41.9 Å². The summed E-state index contributed by atoms with van der Waals surface area (Å²) in [6, 6.07) is 22.9. The fourth-order valence-corrected chi connectivity index (χ4v) is 8.77. The van der Waals surface area contributed by atoms with Crippen molar-refractivity contribution in [3.05, 3.63) is 107 Å². The highest BCUT2D eigenvalue weighted by Crippen LogP contribution is 2.65. The molecule has 4 amide bonds. The first-order valence-electron chi connectivity index (χ1n) is 16.0. The van der Waals surface area contributed by atoms with Crippen LogP contribution in [0.3, 0.4) is 0 Å². The molecule has 246 valence electrons. The van der Waals surface area contributed by atoms with Crippen LogP contribution >= 0.6 is 11.6 Å². The Bertz CT molecular complexity index is 1860. The van der Waals surface area contributed by atoms with Crippen molar-refractivity contribution in [3.8, 4) is 5.75 Å². The molecule has 2 N–H and O–H groups in total. The largest absolute Gasteiger partial charge is 0.491 e. The molecule has 2 aliphatic heterocycles. The summed E-state index contributed by atoms with van der Waals surface area (Å²) >= 11 is 6.36. The summed E-state index contributed by atoms with van der Waals surface area (Å²) in [5.41, 5.74) is 0.851. The van der Waals surface area contributed by atoms with Gasteiger partial charge in [-0.25, -0.2) is 4.90 Å². The van der Waals surface area contributed by atoms with Crippen molar-refractivity contribution in [1.29, 1.82) is 0 Å². The summed E-state index contributed by atoms with van der Waals surface area (Å²) in [5.74, 6) is -6.31. The fourth-order valence-electron chi connectivity index (χ4n) is 8.59. The topological polar surface area (TPSA) is 142 Å². The highest BCUT2D eigenvalue weighted by Gasteiger charge is 2.70. The summed E-state index contributed by atoms with van der Waals surface area (Å²) in [6.45, 7) is -0.490. The highest BCUT2D eigenvalue weighted by atomic mass is 35.5. The number of fused-ring (bicyclic) bond motifs is 4. The lowest BCUT2D eigenvalue weighted by Crippen LogP contribution is -2.53. The fraction of sp³-hybridized carbons (Fsp3) is 0.324. The third kappa shape index (κ3) is 4.77. The van der Waals surface area contributed by atoms with Crippen LogP contribution in [0.2, 0.25) is 5.02 Å². The van der Waals surface area contributed by atoms with E-state index < -0.39 is 64.6 Å². The Hall–Kier alpha value is -4.80. The number of nitrogens with zero attached hydrogens (tertiary/aromatic N) is 2. The molecule has 1 saturated carbocycles. The van der Waals surface area contributed by atoms with Crippen molar-refractivity contribution in [2.45, 2.75) is 30.6 Å². The number of carbonyl (C=O) groups excluding carboxylic acids is 4. The van der Waals surface area contributed by atoms with Crippen molar-refractivity contribution in [2.24, 2.45) is 23.7 Å². The molecule has 0 spiro atoms. The number of halogens is 1. The molecule has 0 aromatic heterocycles.